The van der Waals surface area contributed by atoms with E-state index in [1.807, 2.05) is 0 Å². The lowest BCUT2D eigenvalue weighted by Crippen LogP contribution is -2.19. The van der Waals surface area contributed by atoms with Crippen LogP contribution < -0.4 is 10.9 Å². The van der Waals surface area contributed by atoms with Crippen LogP contribution in [0.15, 0.2) is 18.2 Å². The summed E-state index contributed by atoms with van der Waals surface area (Å²) in [6.45, 7) is 0. The Balaban J connectivity index is 2.63. The lowest BCUT2D eigenvalue weighted by Gasteiger charge is -2.01. The number of amides is 1. The molecule has 0 atom stereocenters. The predicted molar refractivity (Wildman–Crippen MR) is 42.1 cm³/mol. The highest BCUT2D eigenvalue weighted by molar-refractivity contribution is 6.29. The quantitative estimate of drug-likeness (QED) is 0.402. The van der Waals surface area contributed by atoms with E-state index >= 15 is 0 Å². The molecular weight excluding hydrogens is 166 g/mol. The summed E-state index contributed by atoms with van der Waals surface area (Å²) in [5.41, 5.74) is 4.76. The molecule has 1 aromatic rings. The number of nitrogens with one attached hydrogen (secondary N) is 2. The Hall–Kier alpha value is -1.29. The number of aromatic nitrogens is 1. The summed E-state index contributed by atoms with van der Waals surface area (Å²) in [5.74, 6) is 0.504. The largest absolute Gasteiger partial charge is 0.282 e. The van der Waals surface area contributed by atoms with E-state index in [1.165, 1.54) is 0 Å². The molecule has 0 aliphatic carbocycles. The van der Waals surface area contributed by atoms with Crippen molar-refractivity contribution < 1.29 is 4.79 Å². The van der Waals surface area contributed by atoms with Gasteiger partial charge < -0.3 is 0 Å². The van der Waals surface area contributed by atoms with Crippen LogP contribution in [0.4, 0.5) is 5.82 Å². The van der Waals surface area contributed by atoms with Crippen LogP contribution in [0.1, 0.15) is 0 Å². The molecule has 1 aromatic heterocycles. The van der Waals surface area contributed by atoms with E-state index in [0.717, 1.165) is 0 Å². The Morgan fingerprint density at radius 3 is 3.00 bits per heavy atom. The van der Waals surface area contributed by atoms with Crippen LogP contribution >= 0.6 is 11.6 Å². The summed E-state index contributed by atoms with van der Waals surface area (Å²) in [7, 11) is 0. The molecule has 1 rings (SSSR count). The van der Waals surface area contributed by atoms with Crippen molar-refractivity contribution in [3.05, 3.63) is 23.4 Å². The van der Waals surface area contributed by atoms with E-state index in [4.69, 9.17) is 11.6 Å². The van der Waals surface area contributed by atoms with Crippen molar-refractivity contribution in [3.63, 3.8) is 0 Å². The molecule has 1 heterocycles. The molecule has 0 spiro atoms. The summed E-state index contributed by atoms with van der Waals surface area (Å²) in [4.78, 5) is 13.7. The highest BCUT2D eigenvalue weighted by Gasteiger charge is 1.91. The predicted octanol–water partition coefficient (Wildman–Crippen LogP) is 0.808. The molecule has 11 heavy (non-hydrogen) atoms. The zero-order valence-corrected chi connectivity index (χ0v) is 6.30. The van der Waals surface area contributed by atoms with Gasteiger partial charge in [0.15, 0.2) is 0 Å². The van der Waals surface area contributed by atoms with Crippen molar-refractivity contribution in [1.82, 2.24) is 10.4 Å². The second kappa shape index (κ2) is 3.78. The fourth-order valence-corrected chi connectivity index (χ4v) is 0.745. The van der Waals surface area contributed by atoms with E-state index in [9.17, 15) is 4.79 Å². The van der Waals surface area contributed by atoms with Gasteiger partial charge in [0, 0.05) is 0 Å². The number of hydrazine groups is 1. The molecule has 0 aliphatic rings. The molecule has 0 bridgehead atoms. The molecule has 4 nitrogen and oxygen atoms in total. The summed E-state index contributed by atoms with van der Waals surface area (Å²) < 4.78 is 0. The summed E-state index contributed by atoms with van der Waals surface area (Å²) in [6.07, 6.45) is 0.516. The van der Waals surface area contributed by atoms with Crippen molar-refractivity contribution >= 4 is 23.8 Å². The lowest BCUT2D eigenvalue weighted by molar-refractivity contribution is -0.109. The van der Waals surface area contributed by atoms with Gasteiger partial charge in [0.05, 0.1) is 0 Å². The van der Waals surface area contributed by atoms with Crippen molar-refractivity contribution in [2.75, 3.05) is 5.43 Å². The van der Waals surface area contributed by atoms with Gasteiger partial charge >= 0.3 is 0 Å². The summed E-state index contributed by atoms with van der Waals surface area (Å²) in [6, 6.07) is 5.06. The zero-order chi connectivity index (χ0) is 8.10. The lowest BCUT2D eigenvalue weighted by atomic mass is 10.5. The minimum Gasteiger partial charge on any atom is -0.282 e. The maximum absolute atomic E-state index is 9.83. The molecule has 0 saturated heterocycles. The average molecular weight is 172 g/mol. The Morgan fingerprint density at radius 1 is 1.55 bits per heavy atom. The second-order valence-corrected chi connectivity index (χ2v) is 2.12. The normalized spacial score (nSPS) is 8.82. The van der Waals surface area contributed by atoms with E-state index in [1.54, 1.807) is 18.2 Å². The number of rotatable bonds is 3. The van der Waals surface area contributed by atoms with Gasteiger partial charge in [0.2, 0.25) is 6.41 Å². The van der Waals surface area contributed by atoms with Gasteiger partial charge in [-0.3, -0.25) is 15.6 Å². The molecule has 2 N–H and O–H groups in total. The van der Waals surface area contributed by atoms with Crippen LogP contribution in [0.25, 0.3) is 0 Å². The molecule has 0 aliphatic heterocycles. The molecule has 0 saturated carbocycles. The third-order valence-electron chi connectivity index (χ3n) is 0.974. The summed E-state index contributed by atoms with van der Waals surface area (Å²) >= 11 is 5.56. The monoisotopic (exact) mass is 171 g/mol. The molecule has 0 fully saturated rings. The Morgan fingerprint density at radius 2 is 2.36 bits per heavy atom. The van der Waals surface area contributed by atoms with E-state index in [2.05, 4.69) is 15.8 Å². The van der Waals surface area contributed by atoms with E-state index in [0.29, 0.717) is 17.4 Å². The van der Waals surface area contributed by atoms with Crippen molar-refractivity contribution in [1.29, 1.82) is 0 Å². The molecule has 1 amide bonds. The maximum Gasteiger partial charge on any atom is 0.225 e. The Bertz CT molecular complexity index is 253. The van der Waals surface area contributed by atoms with E-state index in [-0.39, 0.29) is 0 Å². The number of carbonyl (C=O) groups is 1. The number of halogens is 1. The maximum atomic E-state index is 9.83. The van der Waals surface area contributed by atoms with Crippen LogP contribution in [-0.2, 0) is 4.79 Å². The van der Waals surface area contributed by atoms with Gasteiger partial charge in [-0.25, -0.2) is 4.98 Å². The van der Waals surface area contributed by atoms with E-state index < -0.39 is 0 Å². The third-order valence-corrected chi connectivity index (χ3v) is 1.18. The molecule has 0 aromatic carbocycles. The number of pyridine rings is 1. The van der Waals surface area contributed by atoms with Gasteiger partial charge in [-0.15, -0.1) is 0 Å². The molecule has 5 heteroatoms. The number of nitrogens with zero attached hydrogens (tertiary/aromatic N) is 1. The van der Waals surface area contributed by atoms with Crippen molar-refractivity contribution in [2.24, 2.45) is 0 Å². The molecule has 58 valence electrons. The number of anilines is 1. The first kappa shape index (κ1) is 7.81. The second-order valence-electron chi connectivity index (χ2n) is 1.73. The van der Waals surface area contributed by atoms with Gasteiger partial charge in [-0.05, 0) is 12.1 Å². The first-order valence-electron chi connectivity index (χ1n) is 2.90. The van der Waals surface area contributed by atoms with Gasteiger partial charge in [-0.2, -0.15) is 0 Å². The molecule has 0 unspecified atom stereocenters. The molecular formula is C6H6ClN3O. The third kappa shape index (κ3) is 2.43. The highest BCUT2D eigenvalue weighted by Crippen LogP contribution is 2.07. The fraction of sp³-hybridized carbons (Fsp3) is 0. The SMILES string of the molecule is O=CNNc1cccc(Cl)n1. The van der Waals surface area contributed by atoms with Crippen LogP contribution in [0.5, 0.6) is 0 Å². The Labute approximate surface area is 68.6 Å². The topological polar surface area (TPSA) is 54.0 Å². The minimum atomic E-state index is 0.377. The average Bonchev–Trinajstić information content (AvgIpc) is 2.01. The van der Waals surface area contributed by atoms with Crippen molar-refractivity contribution in [2.45, 2.75) is 0 Å². The first-order chi connectivity index (χ1) is 5.33. The first-order valence-corrected chi connectivity index (χ1v) is 3.28. The van der Waals surface area contributed by atoms with Crippen LogP contribution in [-0.4, -0.2) is 11.4 Å². The van der Waals surface area contributed by atoms with Crippen LogP contribution in [0, 0.1) is 0 Å². The minimum absolute atomic E-state index is 0.377. The summed E-state index contributed by atoms with van der Waals surface area (Å²) in [5, 5.41) is 0.377. The standard InChI is InChI=1S/C6H6ClN3O/c7-5-2-1-3-6(9-5)10-8-4-11/h1-4H,(H,8,11)(H,9,10). The number of carbonyl (C=O) groups excluding carboxylic acids is 1. The highest BCUT2D eigenvalue weighted by atomic mass is 35.5. The number of hydrogen-bond acceptors (Lipinski definition) is 3. The van der Waals surface area contributed by atoms with Crippen LogP contribution in [0.2, 0.25) is 5.15 Å². The fourth-order valence-electron chi connectivity index (χ4n) is 0.581. The van der Waals surface area contributed by atoms with Gasteiger partial charge in [0.1, 0.15) is 11.0 Å². The molecule has 0 radical (unpaired) electrons. The number of hydrogen-bond donors (Lipinski definition) is 2. The Kier molecular flexibility index (Phi) is 2.68. The van der Waals surface area contributed by atoms with Crippen LogP contribution in [0.3, 0.4) is 0 Å². The van der Waals surface area contributed by atoms with Gasteiger partial charge in [0.25, 0.3) is 0 Å². The van der Waals surface area contributed by atoms with Gasteiger partial charge in [-0.1, -0.05) is 17.7 Å². The smallest absolute Gasteiger partial charge is 0.225 e. The zero-order valence-electron chi connectivity index (χ0n) is 5.54. The van der Waals surface area contributed by atoms with Crippen molar-refractivity contribution in [3.8, 4) is 0 Å².